The molecule has 1 saturated heterocycles. The first-order valence-corrected chi connectivity index (χ1v) is 13.1. The van der Waals surface area contributed by atoms with Gasteiger partial charge in [0.05, 0.1) is 12.4 Å². The van der Waals surface area contributed by atoms with Crippen molar-refractivity contribution in [1.82, 2.24) is 9.29 Å². The summed E-state index contributed by atoms with van der Waals surface area (Å²) in [6.07, 6.45) is 6.68. The highest BCUT2D eigenvalue weighted by molar-refractivity contribution is 7.91. The molecule has 5 heterocycles. The molecule has 8 nitrogen and oxygen atoms in total. The third kappa shape index (κ3) is 3.25. The van der Waals surface area contributed by atoms with Crippen LogP contribution in [0.3, 0.4) is 0 Å². The van der Waals surface area contributed by atoms with E-state index in [4.69, 9.17) is 10.8 Å². The molecule has 3 aliphatic rings. The van der Waals surface area contributed by atoms with Gasteiger partial charge in [-0.2, -0.15) is 15.1 Å². The predicted molar refractivity (Wildman–Crippen MR) is 130 cm³/mol. The van der Waals surface area contributed by atoms with Gasteiger partial charge < -0.3 is 4.98 Å². The van der Waals surface area contributed by atoms with Gasteiger partial charge >= 0.3 is 0 Å². The Morgan fingerprint density at radius 2 is 1.97 bits per heavy atom. The standard InChI is InChI=1S/C23H23N6O2S2/c24-29-12-9-25-15-20(29)22(27-23(29)19-14-17-4-1-2-5-18(17)26-19)16-7-10-28(11-8-16)33(30,31)21-6-3-13-32-21/h1-6,9,12-16,26H,7-8,10-11,24H2/q+1. The maximum absolute atomic E-state index is 12.9. The molecule has 0 amide bonds. The number of H-pyrrole nitrogens is 1. The van der Waals surface area contributed by atoms with Crippen LogP contribution in [0, 0.1) is 5.92 Å². The second-order valence-corrected chi connectivity index (χ2v) is 11.6. The number of sulfonamides is 1. The molecule has 0 saturated carbocycles. The van der Waals surface area contributed by atoms with Crippen molar-refractivity contribution in [3.8, 4) is 0 Å². The molecule has 0 spiro atoms. The number of nitrogens with zero attached hydrogens (tertiary/aromatic N) is 4. The molecule has 6 rings (SSSR count). The van der Waals surface area contributed by atoms with Crippen LogP contribution in [0.25, 0.3) is 10.9 Å². The number of rotatable bonds is 4. The highest BCUT2D eigenvalue weighted by atomic mass is 32.2. The largest absolute Gasteiger partial charge is 0.349 e. The second-order valence-electron chi connectivity index (χ2n) is 8.44. The van der Waals surface area contributed by atoms with E-state index in [1.807, 2.05) is 24.4 Å². The van der Waals surface area contributed by atoms with Crippen molar-refractivity contribution in [3.05, 3.63) is 77.3 Å². The number of amidine groups is 1. The van der Waals surface area contributed by atoms with E-state index in [0.717, 1.165) is 28.0 Å². The maximum atomic E-state index is 12.9. The van der Waals surface area contributed by atoms with Gasteiger partial charge in [-0.3, -0.25) is 4.99 Å². The lowest BCUT2D eigenvalue weighted by Crippen LogP contribution is -2.53. The van der Waals surface area contributed by atoms with E-state index in [9.17, 15) is 8.42 Å². The van der Waals surface area contributed by atoms with Crippen molar-refractivity contribution in [1.29, 1.82) is 0 Å². The molecule has 2 aromatic heterocycles. The summed E-state index contributed by atoms with van der Waals surface area (Å²) in [6, 6.07) is 13.6. The molecular weight excluding hydrogens is 456 g/mol. The molecule has 3 aromatic rings. The molecule has 10 heteroatoms. The Labute approximate surface area is 195 Å². The number of benzene rings is 1. The van der Waals surface area contributed by atoms with E-state index in [1.54, 1.807) is 34.2 Å². The van der Waals surface area contributed by atoms with E-state index in [0.29, 0.717) is 36.0 Å². The summed E-state index contributed by atoms with van der Waals surface area (Å²) in [5, 5.41) is 2.89. The van der Waals surface area contributed by atoms with Gasteiger partial charge in [0.15, 0.2) is 0 Å². The minimum Gasteiger partial charge on any atom is -0.349 e. The van der Waals surface area contributed by atoms with Gasteiger partial charge in [0, 0.05) is 29.9 Å². The molecule has 1 unspecified atom stereocenters. The molecular formula is C23H23N6O2S2+. The lowest BCUT2D eigenvalue weighted by atomic mass is 9.93. The Balaban J connectivity index is 1.32. The number of hydrogen-bond donors (Lipinski definition) is 2. The highest BCUT2D eigenvalue weighted by Crippen LogP contribution is 2.39. The highest BCUT2D eigenvalue weighted by Gasteiger charge is 2.47. The normalized spacial score (nSPS) is 24.0. The van der Waals surface area contributed by atoms with Gasteiger partial charge in [0.25, 0.3) is 15.9 Å². The number of aromatic amines is 1. The maximum Gasteiger partial charge on any atom is 0.281 e. The SMILES string of the molecule is N[N+]12C=CN=CC1=C(C1CCN(S(=O)(=O)c3cccs3)CC1)N=C2c1cc2ccccc2[nH]1. The summed E-state index contributed by atoms with van der Waals surface area (Å²) in [5.41, 5.74) is 3.63. The molecule has 33 heavy (non-hydrogen) atoms. The fourth-order valence-electron chi connectivity index (χ4n) is 4.79. The Morgan fingerprint density at radius 3 is 2.73 bits per heavy atom. The van der Waals surface area contributed by atoms with Crippen LogP contribution in [0.4, 0.5) is 0 Å². The number of allylic oxidation sites excluding steroid dienone is 2. The van der Waals surface area contributed by atoms with Crippen LogP contribution in [-0.2, 0) is 10.0 Å². The molecule has 1 aromatic carbocycles. The zero-order valence-electron chi connectivity index (χ0n) is 17.8. The number of para-hydroxylation sites is 1. The molecule has 168 valence electrons. The number of fused-ring (bicyclic) bond motifs is 2. The number of quaternary nitrogens is 1. The van der Waals surface area contributed by atoms with Crippen LogP contribution in [0.2, 0.25) is 0 Å². The number of piperidine rings is 1. The summed E-state index contributed by atoms with van der Waals surface area (Å²) in [4.78, 5) is 12.8. The van der Waals surface area contributed by atoms with Crippen LogP contribution in [0.15, 0.2) is 85.8 Å². The Bertz CT molecular complexity index is 1420. The van der Waals surface area contributed by atoms with Gasteiger partial charge in [-0.25, -0.2) is 8.42 Å². The van der Waals surface area contributed by atoms with Crippen LogP contribution in [0.5, 0.6) is 0 Å². The number of hydrogen-bond acceptors (Lipinski definition) is 6. The fourth-order valence-corrected chi connectivity index (χ4v) is 7.40. The van der Waals surface area contributed by atoms with E-state index in [1.165, 1.54) is 11.3 Å². The van der Waals surface area contributed by atoms with E-state index in [-0.39, 0.29) is 10.5 Å². The van der Waals surface area contributed by atoms with Crippen molar-refractivity contribution in [2.24, 2.45) is 21.7 Å². The van der Waals surface area contributed by atoms with Crippen molar-refractivity contribution in [2.75, 3.05) is 13.1 Å². The van der Waals surface area contributed by atoms with Crippen molar-refractivity contribution >= 4 is 44.3 Å². The average molecular weight is 480 g/mol. The average Bonchev–Trinajstić information content (AvgIpc) is 3.56. The third-order valence-electron chi connectivity index (χ3n) is 6.52. The number of thiophene rings is 1. The van der Waals surface area contributed by atoms with E-state index in [2.05, 4.69) is 22.1 Å². The zero-order chi connectivity index (χ0) is 22.6. The van der Waals surface area contributed by atoms with E-state index < -0.39 is 10.0 Å². The summed E-state index contributed by atoms with van der Waals surface area (Å²) < 4.78 is 27.8. The smallest absolute Gasteiger partial charge is 0.281 e. The topological polar surface area (TPSA) is 104 Å². The minimum absolute atomic E-state index is 0.0423. The van der Waals surface area contributed by atoms with Gasteiger partial charge in [0.2, 0.25) is 5.70 Å². The molecule has 0 radical (unpaired) electrons. The van der Waals surface area contributed by atoms with Gasteiger partial charge in [-0.1, -0.05) is 24.3 Å². The first-order valence-electron chi connectivity index (χ1n) is 10.8. The van der Waals surface area contributed by atoms with Gasteiger partial charge in [-0.15, -0.1) is 15.9 Å². The second kappa shape index (κ2) is 7.57. The Morgan fingerprint density at radius 1 is 1.15 bits per heavy atom. The predicted octanol–water partition coefficient (Wildman–Crippen LogP) is 3.55. The molecule has 0 bridgehead atoms. The molecule has 0 aliphatic carbocycles. The zero-order valence-corrected chi connectivity index (χ0v) is 19.4. The fraction of sp³-hybridized carbons (Fsp3) is 0.217. The Kier molecular flexibility index (Phi) is 4.75. The van der Waals surface area contributed by atoms with Crippen LogP contribution < -0.4 is 5.84 Å². The van der Waals surface area contributed by atoms with Crippen molar-refractivity contribution < 1.29 is 13.0 Å². The number of aliphatic imine (C=N–C) groups is 2. The first-order chi connectivity index (χ1) is 16.0. The number of nitrogens with one attached hydrogen (secondary N) is 1. The summed E-state index contributed by atoms with van der Waals surface area (Å²) in [5.74, 6) is 7.69. The van der Waals surface area contributed by atoms with Gasteiger partial charge in [0.1, 0.15) is 21.8 Å². The van der Waals surface area contributed by atoms with Crippen LogP contribution in [-0.4, -0.2) is 47.4 Å². The van der Waals surface area contributed by atoms with Crippen molar-refractivity contribution in [3.63, 3.8) is 0 Å². The lowest BCUT2D eigenvalue weighted by Gasteiger charge is -2.31. The molecule has 3 N–H and O–H groups in total. The monoisotopic (exact) mass is 479 g/mol. The van der Waals surface area contributed by atoms with Crippen LogP contribution >= 0.6 is 11.3 Å². The molecule has 3 aliphatic heterocycles. The van der Waals surface area contributed by atoms with Crippen LogP contribution in [0.1, 0.15) is 18.5 Å². The number of aromatic nitrogens is 1. The minimum atomic E-state index is -3.44. The quantitative estimate of drug-likeness (QED) is 0.442. The third-order valence-corrected chi connectivity index (χ3v) is 9.79. The summed E-state index contributed by atoms with van der Waals surface area (Å²) in [7, 11) is -3.44. The Hall–Kier alpha value is -2.89. The van der Waals surface area contributed by atoms with E-state index >= 15 is 0 Å². The molecule has 1 fully saturated rings. The van der Waals surface area contributed by atoms with Gasteiger partial charge in [-0.05, 0) is 36.4 Å². The summed E-state index contributed by atoms with van der Waals surface area (Å²) in [6.45, 7) is 0.910. The number of nitrogens with two attached hydrogens (primary N) is 1. The van der Waals surface area contributed by atoms with Crippen molar-refractivity contribution in [2.45, 2.75) is 17.1 Å². The summed E-state index contributed by atoms with van der Waals surface area (Å²) >= 11 is 1.26. The lowest BCUT2D eigenvalue weighted by molar-refractivity contribution is -0.750. The first kappa shape index (κ1) is 20.7. The molecule has 1 atom stereocenters.